The van der Waals surface area contributed by atoms with Gasteiger partial charge >= 0.3 is 0 Å². The van der Waals surface area contributed by atoms with Gasteiger partial charge in [-0.1, -0.05) is 23.4 Å². The first-order valence-electron chi connectivity index (χ1n) is 11.2. The van der Waals surface area contributed by atoms with Gasteiger partial charge in [0.05, 0.1) is 6.20 Å². The lowest BCUT2D eigenvalue weighted by Gasteiger charge is -2.28. The normalized spacial score (nSPS) is 15.5. The second-order valence-electron chi connectivity index (χ2n) is 8.50. The lowest BCUT2D eigenvalue weighted by molar-refractivity contribution is 0.102. The molecule has 3 aromatic rings. The molecule has 1 saturated heterocycles. The molecule has 8 nitrogen and oxygen atoms in total. The van der Waals surface area contributed by atoms with Gasteiger partial charge in [-0.15, -0.1) is 0 Å². The first-order valence-corrected chi connectivity index (χ1v) is 11.2. The summed E-state index contributed by atoms with van der Waals surface area (Å²) < 4.78 is 1.75. The zero-order valence-electron chi connectivity index (χ0n) is 19.2. The zero-order valence-corrected chi connectivity index (χ0v) is 19.2. The highest BCUT2D eigenvalue weighted by Gasteiger charge is 2.17. The van der Waals surface area contributed by atoms with Crippen molar-refractivity contribution in [2.45, 2.75) is 26.2 Å². The molecule has 0 saturated carbocycles. The molecule has 8 heteroatoms. The molecule has 2 aromatic heterocycles. The van der Waals surface area contributed by atoms with E-state index in [9.17, 15) is 4.79 Å². The number of pyridine rings is 1. The lowest BCUT2D eigenvalue weighted by Crippen LogP contribution is -2.30. The second kappa shape index (κ2) is 10.4. The number of nitrogens with zero attached hydrogens (tertiary/aromatic N) is 5. The number of carbonyl (C=O) groups is 1. The molecule has 0 aliphatic carbocycles. The number of amidine groups is 1. The van der Waals surface area contributed by atoms with Gasteiger partial charge in [0.2, 0.25) is 0 Å². The molecule has 1 amide bonds. The van der Waals surface area contributed by atoms with Crippen LogP contribution in [0, 0.1) is 12.8 Å². The van der Waals surface area contributed by atoms with Crippen LogP contribution in [0.4, 0.5) is 5.69 Å². The average molecular weight is 447 g/mol. The molecule has 0 radical (unpaired) electrons. The van der Waals surface area contributed by atoms with Gasteiger partial charge in [-0.2, -0.15) is 0 Å². The first kappa shape index (κ1) is 22.7. The van der Waals surface area contributed by atoms with E-state index >= 15 is 0 Å². The van der Waals surface area contributed by atoms with Crippen LogP contribution in [-0.4, -0.2) is 59.5 Å². The van der Waals surface area contributed by atoms with Crippen molar-refractivity contribution in [1.82, 2.24) is 14.3 Å². The van der Waals surface area contributed by atoms with E-state index in [-0.39, 0.29) is 5.91 Å². The number of anilines is 1. The maximum atomic E-state index is 12.9. The number of hydrogen-bond donors (Lipinski definition) is 1. The molecule has 1 fully saturated rings. The van der Waals surface area contributed by atoms with Gasteiger partial charge in [-0.05, 0) is 82.7 Å². The number of carbonyl (C=O) groups excluding carboxylic acids is 1. The molecular weight excluding hydrogens is 416 g/mol. The third-order valence-electron chi connectivity index (χ3n) is 6.15. The summed E-state index contributed by atoms with van der Waals surface area (Å²) >= 11 is 0. The van der Waals surface area contributed by atoms with Crippen LogP contribution in [0.1, 0.15) is 40.9 Å². The highest BCUT2D eigenvalue weighted by atomic mass is 16.6. The smallest absolute Gasteiger partial charge is 0.274 e. The van der Waals surface area contributed by atoms with Gasteiger partial charge in [0.1, 0.15) is 17.9 Å². The van der Waals surface area contributed by atoms with Crippen molar-refractivity contribution in [1.29, 1.82) is 0 Å². The third-order valence-corrected chi connectivity index (χ3v) is 6.15. The molecule has 0 bridgehead atoms. The Bertz CT molecular complexity index is 1160. The minimum Gasteiger partial charge on any atom is -0.394 e. The van der Waals surface area contributed by atoms with Crippen molar-refractivity contribution < 1.29 is 9.63 Å². The first-order chi connectivity index (χ1) is 16.0. The molecule has 0 atom stereocenters. The molecule has 1 aromatic carbocycles. The van der Waals surface area contributed by atoms with E-state index in [0.29, 0.717) is 29.7 Å². The van der Waals surface area contributed by atoms with Crippen molar-refractivity contribution in [3.8, 4) is 0 Å². The summed E-state index contributed by atoms with van der Waals surface area (Å²) in [6.07, 6.45) is 6.76. The Kier molecular flexibility index (Phi) is 7.14. The minimum absolute atomic E-state index is 0.242. The van der Waals surface area contributed by atoms with E-state index < -0.39 is 0 Å². The Labute approximate surface area is 194 Å². The predicted molar refractivity (Wildman–Crippen MR) is 131 cm³/mol. The average Bonchev–Trinajstić information content (AvgIpc) is 3.26. The number of oxime groups is 1. The van der Waals surface area contributed by atoms with Gasteiger partial charge in [-0.25, -0.2) is 9.98 Å². The van der Waals surface area contributed by atoms with Gasteiger partial charge in [-0.3, -0.25) is 9.20 Å². The molecule has 4 rings (SSSR count). The van der Waals surface area contributed by atoms with E-state index in [2.05, 4.69) is 39.1 Å². The number of nitrogens with one attached hydrogen (secondary N) is 1. The van der Waals surface area contributed by atoms with Crippen LogP contribution in [0.3, 0.4) is 0 Å². The number of fused-ring (bicyclic) bond motifs is 1. The Morgan fingerprint density at radius 2 is 2.09 bits per heavy atom. The van der Waals surface area contributed by atoms with Gasteiger partial charge in [0, 0.05) is 17.4 Å². The number of likely N-dealkylation sites (tertiary alicyclic amines) is 1. The lowest BCUT2D eigenvalue weighted by atomic mass is 9.94. The Morgan fingerprint density at radius 3 is 2.88 bits per heavy atom. The molecule has 172 valence electrons. The molecular formula is C25H30N6O2. The SMILES string of the molecule is C=N/C(=N\OCCC1CCN(C)CC1)c1ccc(C)c(NC(=O)c2cnc3ccccn23)c1. The maximum Gasteiger partial charge on any atom is 0.274 e. The van der Waals surface area contributed by atoms with Crippen LogP contribution in [0.2, 0.25) is 0 Å². The van der Waals surface area contributed by atoms with Crippen LogP contribution in [0.15, 0.2) is 58.9 Å². The quantitative estimate of drug-likeness (QED) is 0.257. The topological polar surface area (TPSA) is 83.6 Å². The van der Waals surface area contributed by atoms with Gasteiger partial charge < -0.3 is 15.1 Å². The second-order valence-corrected chi connectivity index (χ2v) is 8.50. The third kappa shape index (κ3) is 5.46. The summed E-state index contributed by atoms with van der Waals surface area (Å²) in [7, 11) is 2.16. The highest BCUT2D eigenvalue weighted by molar-refractivity contribution is 6.06. The molecule has 0 spiro atoms. The fourth-order valence-corrected chi connectivity index (χ4v) is 4.03. The number of aromatic nitrogens is 2. The molecule has 0 unspecified atom stereocenters. The zero-order chi connectivity index (χ0) is 23.2. The number of amides is 1. The van der Waals surface area contributed by atoms with E-state index in [1.165, 1.54) is 12.8 Å². The number of piperidine rings is 1. The van der Waals surface area contributed by atoms with Crippen molar-refractivity contribution in [3.05, 3.63) is 65.6 Å². The van der Waals surface area contributed by atoms with Gasteiger partial charge in [0.15, 0.2) is 5.84 Å². The number of benzene rings is 1. The van der Waals surface area contributed by atoms with Crippen LogP contribution >= 0.6 is 0 Å². The fourth-order valence-electron chi connectivity index (χ4n) is 4.03. The summed E-state index contributed by atoms with van der Waals surface area (Å²) in [6.45, 7) is 8.40. The van der Waals surface area contributed by atoms with E-state index in [0.717, 1.165) is 36.3 Å². The van der Waals surface area contributed by atoms with E-state index in [1.54, 1.807) is 10.6 Å². The summed E-state index contributed by atoms with van der Waals surface area (Å²) in [5.74, 6) is 0.828. The van der Waals surface area contributed by atoms with Crippen molar-refractivity contribution in [2.75, 3.05) is 32.1 Å². The Hall–Kier alpha value is -3.52. The van der Waals surface area contributed by atoms with Crippen LogP contribution in [-0.2, 0) is 4.84 Å². The largest absolute Gasteiger partial charge is 0.394 e. The van der Waals surface area contributed by atoms with Crippen LogP contribution in [0.5, 0.6) is 0 Å². The number of imidazole rings is 1. The molecule has 1 N–H and O–H groups in total. The summed E-state index contributed by atoms with van der Waals surface area (Å²) in [5, 5.41) is 7.18. The maximum absolute atomic E-state index is 12.9. The molecule has 33 heavy (non-hydrogen) atoms. The molecule has 1 aliphatic rings. The van der Waals surface area contributed by atoms with Crippen molar-refractivity contribution in [3.63, 3.8) is 0 Å². The highest BCUT2D eigenvalue weighted by Crippen LogP contribution is 2.21. The van der Waals surface area contributed by atoms with Gasteiger partial charge in [0.25, 0.3) is 5.91 Å². The Balaban J connectivity index is 1.42. The number of aliphatic imine (C=N–C) groups is 1. The van der Waals surface area contributed by atoms with Crippen LogP contribution in [0.25, 0.3) is 5.65 Å². The molecule has 1 aliphatic heterocycles. The number of hydrogen-bond acceptors (Lipinski definition) is 5. The van der Waals surface area contributed by atoms with Crippen molar-refractivity contribution in [2.24, 2.45) is 16.1 Å². The summed E-state index contributed by atoms with van der Waals surface area (Å²) in [4.78, 5) is 29.2. The van der Waals surface area contributed by atoms with E-state index in [4.69, 9.17) is 4.84 Å². The monoisotopic (exact) mass is 446 g/mol. The van der Waals surface area contributed by atoms with Crippen molar-refractivity contribution >= 4 is 29.8 Å². The van der Waals surface area contributed by atoms with Crippen LogP contribution < -0.4 is 5.32 Å². The minimum atomic E-state index is -0.242. The summed E-state index contributed by atoms with van der Waals surface area (Å²) in [6, 6.07) is 11.3. The standard InChI is InChI=1S/C25H30N6O2/c1-18-7-8-20(24(26-2)29-33-15-11-19-9-13-30(3)14-10-19)16-21(18)28-25(32)22-17-27-23-6-4-5-12-31(22)23/h4-8,12,16-17,19H,2,9-11,13-15H2,1,3H3,(H,28,32)/b29-24-. The fraction of sp³-hybridized carbons (Fsp3) is 0.360. The Morgan fingerprint density at radius 1 is 1.27 bits per heavy atom. The number of rotatable bonds is 7. The number of aryl methyl sites for hydroxylation is 1. The van der Waals surface area contributed by atoms with E-state index in [1.807, 2.05) is 49.5 Å². The summed E-state index contributed by atoms with van der Waals surface area (Å²) in [5.41, 5.74) is 3.50. The predicted octanol–water partition coefficient (Wildman–Crippen LogP) is 4.01. The molecule has 3 heterocycles.